The van der Waals surface area contributed by atoms with E-state index in [4.69, 9.17) is 5.73 Å². The third-order valence-electron chi connectivity index (χ3n) is 2.56. The van der Waals surface area contributed by atoms with Crippen LogP contribution in [0.1, 0.15) is 45.6 Å². The summed E-state index contributed by atoms with van der Waals surface area (Å²) in [6.45, 7) is 8.60. The lowest BCUT2D eigenvalue weighted by Crippen LogP contribution is -2.32. The molecule has 0 unspecified atom stereocenters. The average molecular weight is 237 g/mol. The molecule has 0 atom stereocenters. The lowest BCUT2D eigenvalue weighted by molar-refractivity contribution is 0.506. The van der Waals surface area contributed by atoms with E-state index in [1.165, 1.54) is 10.5 Å². The molecule has 0 aliphatic rings. The largest absolute Gasteiger partial charge is 0.326 e. The van der Waals surface area contributed by atoms with Gasteiger partial charge in [0.25, 0.3) is 0 Å². The third kappa shape index (κ3) is 5.04. The van der Waals surface area contributed by atoms with E-state index in [9.17, 15) is 0 Å². The van der Waals surface area contributed by atoms with Crippen LogP contribution >= 0.6 is 11.8 Å². The summed E-state index contributed by atoms with van der Waals surface area (Å²) in [6, 6.07) is 8.87. The van der Waals surface area contributed by atoms with Gasteiger partial charge in [0, 0.05) is 10.4 Å². The fourth-order valence-corrected chi connectivity index (χ4v) is 2.57. The van der Waals surface area contributed by atoms with Crippen molar-refractivity contribution in [2.24, 2.45) is 5.73 Å². The maximum Gasteiger partial charge on any atom is 0.0105 e. The first-order valence-corrected chi connectivity index (χ1v) is 6.89. The van der Waals surface area contributed by atoms with Gasteiger partial charge in [0.05, 0.1) is 0 Å². The van der Waals surface area contributed by atoms with Gasteiger partial charge in [-0.3, -0.25) is 0 Å². The summed E-state index contributed by atoms with van der Waals surface area (Å²) in [6.07, 6.45) is 1.05. The van der Waals surface area contributed by atoms with Crippen molar-refractivity contribution in [2.75, 3.05) is 5.75 Å². The number of rotatable bonds is 5. The Hall–Kier alpha value is -0.470. The molecule has 16 heavy (non-hydrogen) atoms. The summed E-state index contributed by atoms with van der Waals surface area (Å²) in [4.78, 5) is 1.34. The van der Waals surface area contributed by atoms with Gasteiger partial charge in [-0.1, -0.05) is 26.0 Å². The van der Waals surface area contributed by atoms with Gasteiger partial charge in [0.2, 0.25) is 0 Å². The Bertz CT molecular complexity index is 309. The molecule has 0 spiro atoms. The second-order valence-electron chi connectivity index (χ2n) is 5.31. The molecule has 0 radical (unpaired) electrons. The molecule has 0 saturated heterocycles. The molecule has 0 amide bonds. The van der Waals surface area contributed by atoms with Crippen molar-refractivity contribution in [1.29, 1.82) is 0 Å². The lowest BCUT2D eigenvalue weighted by Gasteiger charge is -2.17. The van der Waals surface area contributed by atoms with E-state index in [1.807, 2.05) is 11.8 Å². The van der Waals surface area contributed by atoms with Crippen molar-refractivity contribution < 1.29 is 0 Å². The van der Waals surface area contributed by atoms with Crippen LogP contribution in [0.5, 0.6) is 0 Å². The second-order valence-corrected chi connectivity index (χ2v) is 6.48. The molecule has 0 fully saturated rings. The number of benzene rings is 1. The van der Waals surface area contributed by atoms with Gasteiger partial charge < -0.3 is 5.73 Å². The summed E-state index contributed by atoms with van der Waals surface area (Å²) in [5.41, 5.74) is 7.31. The van der Waals surface area contributed by atoms with Crippen LogP contribution < -0.4 is 5.73 Å². The molecule has 0 saturated carbocycles. The van der Waals surface area contributed by atoms with Crippen molar-refractivity contribution >= 4 is 11.8 Å². The van der Waals surface area contributed by atoms with Gasteiger partial charge in [-0.25, -0.2) is 0 Å². The predicted molar refractivity (Wildman–Crippen MR) is 74.1 cm³/mol. The predicted octanol–water partition coefficient (Wildman–Crippen LogP) is 4.03. The molecule has 1 aromatic rings. The van der Waals surface area contributed by atoms with E-state index < -0.39 is 0 Å². The Morgan fingerprint density at radius 3 is 2.19 bits per heavy atom. The Morgan fingerprint density at radius 2 is 1.75 bits per heavy atom. The van der Waals surface area contributed by atoms with Crippen LogP contribution in [0.2, 0.25) is 0 Å². The summed E-state index contributed by atoms with van der Waals surface area (Å²) in [5.74, 6) is 1.70. The van der Waals surface area contributed by atoms with Crippen molar-refractivity contribution in [2.45, 2.75) is 50.5 Å². The van der Waals surface area contributed by atoms with Crippen LogP contribution in [-0.4, -0.2) is 11.3 Å². The molecule has 2 N–H and O–H groups in total. The second kappa shape index (κ2) is 5.74. The normalized spacial score (nSPS) is 12.1. The maximum absolute atomic E-state index is 5.95. The van der Waals surface area contributed by atoms with Crippen LogP contribution in [0.25, 0.3) is 0 Å². The molecule has 0 aromatic heterocycles. The SMILES string of the molecule is CC(C)c1ccc(SCCC(C)(C)N)cc1. The Balaban J connectivity index is 2.44. The number of hydrogen-bond donors (Lipinski definition) is 1. The highest BCUT2D eigenvalue weighted by Crippen LogP contribution is 2.23. The third-order valence-corrected chi connectivity index (χ3v) is 3.58. The van der Waals surface area contributed by atoms with E-state index in [2.05, 4.69) is 52.0 Å². The number of thioether (sulfide) groups is 1. The Labute approximate surface area is 104 Å². The topological polar surface area (TPSA) is 26.0 Å². The van der Waals surface area contributed by atoms with Gasteiger partial charge in [-0.2, -0.15) is 0 Å². The van der Waals surface area contributed by atoms with Crippen molar-refractivity contribution in [3.63, 3.8) is 0 Å². The first-order valence-electron chi connectivity index (χ1n) is 5.90. The maximum atomic E-state index is 5.95. The molecule has 0 heterocycles. The quantitative estimate of drug-likeness (QED) is 0.782. The zero-order valence-corrected chi connectivity index (χ0v) is 11.6. The number of hydrogen-bond acceptors (Lipinski definition) is 2. The smallest absolute Gasteiger partial charge is 0.0105 e. The molecular formula is C14H23NS. The molecular weight excluding hydrogens is 214 g/mol. The summed E-state index contributed by atoms with van der Waals surface area (Å²) in [5, 5.41) is 0. The monoisotopic (exact) mass is 237 g/mol. The van der Waals surface area contributed by atoms with Crippen molar-refractivity contribution in [3.05, 3.63) is 29.8 Å². The van der Waals surface area contributed by atoms with Crippen LogP contribution in [0, 0.1) is 0 Å². The van der Waals surface area contributed by atoms with E-state index in [0.717, 1.165) is 12.2 Å². The highest BCUT2D eigenvalue weighted by atomic mass is 32.2. The molecule has 0 aliphatic heterocycles. The van der Waals surface area contributed by atoms with E-state index >= 15 is 0 Å². The minimum atomic E-state index is -0.0507. The molecule has 0 aliphatic carbocycles. The molecule has 1 rings (SSSR count). The van der Waals surface area contributed by atoms with Crippen molar-refractivity contribution in [1.82, 2.24) is 0 Å². The zero-order chi connectivity index (χ0) is 12.2. The summed E-state index contributed by atoms with van der Waals surface area (Å²) < 4.78 is 0. The Morgan fingerprint density at radius 1 is 1.19 bits per heavy atom. The van der Waals surface area contributed by atoms with Gasteiger partial charge in [-0.15, -0.1) is 11.8 Å². The fraction of sp³-hybridized carbons (Fsp3) is 0.571. The standard InChI is InChI=1S/C14H23NS/c1-11(2)12-5-7-13(8-6-12)16-10-9-14(3,4)15/h5-8,11H,9-10,15H2,1-4H3. The molecule has 1 aromatic carbocycles. The minimum Gasteiger partial charge on any atom is -0.326 e. The first-order chi connectivity index (χ1) is 7.38. The van der Waals surface area contributed by atoms with E-state index in [1.54, 1.807) is 0 Å². The van der Waals surface area contributed by atoms with Crippen LogP contribution in [-0.2, 0) is 0 Å². The van der Waals surface area contributed by atoms with Gasteiger partial charge >= 0.3 is 0 Å². The van der Waals surface area contributed by atoms with Crippen molar-refractivity contribution in [3.8, 4) is 0 Å². The van der Waals surface area contributed by atoms with Gasteiger partial charge in [0.1, 0.15) is 0 Å². The summed E-state index contributed by atoms with van der Waals surface area (Å²) in [7, 11) is 0. The average Bonchev–Trinajstić information content (AvgIpc) is 2.16. The van der Waals surface area contributed by atoms with Gasteiger partial charge in [0.15, 0.2) is 0 Å². The highest BCUT2D eigenvalue weighted by molar-refractivity contribution is 7.99. The summed E-state index contributed by atoms with van der Waals surface area (Å²) >= 11 is 1.89. The molecule has 1 nitrogen and oxygen atoms in total. The highest BCUT2D eigenvalue weighted by Gasteiger charge is 2.09. The van der Waals surface area contributed by atoms with Crippen LogP contribution in [0.3, 0.4) is 0 Å². The van der Waals surface area contributed by atoms with Gasteiger partial charge in [-0.05, 0) is 49.6 Å². The number of nitrogens with two attached hydrogens (primary N) is 1. The molecule has 0 bridgehead atoms. The first kappa shape index (κ1) is 13.6. The van der Waals surface area contributed by atoms with Crippen LogP contribution in [0.15, 0.2) is 29.2 Å². The minimum absolute atomic E-state index is 0.0507. The molecule has 2 heteroatoms. The lowest BCUT2D eigenvalue weighted by atomic mass is 10.0. The molecule has 90 valence electrons. The fourth-order valence-electron chi connectivity index (χ4n) is 1.38. The zero-order valence-electron chi connectivity index (χ0n) is 10.8. The van der Waals surface area contributed by atoms with Crippen LogP contribution in [0.4, 0.5) is 0 Å². The van der Waals surface area contributed by atoms with E-state index in [0.29, 0.717) is 5.92 Å². The van der Waals surface area contributed by atoms with E-state index in [-0.39, 0.29) is 5.54 Å². The Kier molecular flexibility index (Phi) is 4.88.